The average molecular weight is 349 g/mol. The SMILES string of the molecule is CC(C)(C)c1noc(CSc2nccn2-c2cccc(Cl)c2)n1. The lowest BCUT2D eigenvalue weighted by Gasteiger charge is -2.10. The van der Waals surface area contributed by atoms with Crippen molar-refractivity contribution >= 4 is 23.4 Å². The third kappa shape index (κ3) is 3.76. The summed E-state index contributed by atoms with van der Waals surface area (Å²) < 4.78 is 7.30. The Kier molecular flexibility index (Phi) is 4.46. The molecule has 3 aromatic rings. The minimum absolute atomic E-state index is 0.119. The van der Waals surface area contributed by atoms with Gasteiger partial charge >= 0.3 is 0 Å². The molecule has 5 nitrogen and oxygen atoms in total. The Balaban J connectivity index is 1.75. The molecule has 0 unspecified atom stereocenters. The number of benzene rings is 1. The maximum atomic E-state index is 6.06. The van der Waals surface area contributed by atoms with Gasteiger partial charge < -0.3 is 4.52 Å². The van der Waals surface area contributed by atoms with E-state index in [0.29, 0.717) is 22.5 Å². The molecule has 23 heavy (non-hydrogen) atoms. The summed E-state index contributed by atoms with van der Waals surface area (Å²) in [5.74, 6) is 1.88. The van der Waals surface area contributed by atoms with Crippen LogP contribution in [0.25, 0.3) is 5.69 Å². The molecule has 0 spiro atoms. The molecule has 0 N–H and O–H groups in total. The van der Waals surface area contributed by atoms with Crippen LogP contribution in [0.15, 0.2) is 46.3 Å². The normalized spacial score (nSPS) is 11.8. The zero-order valence-corrected chi connectivity index (χ0v) is 14.7. The van der Waals surface area contributed by atoms with E-state index in [9.17, 15) is 0 Å². The Morgan fingerprint density at radius 1 is 1.30 bits per heavy atom. The Labute approximate surface area is 144 Å². The number of imidazole rings is 1. The Hall–Kier alpha value is -1.79. The lowest BCUT2D eigenvalue weighted by Crippen LogP contribution is -2.13. The van der Waals surface area contributed by atoms with Crippen LogP contribution in [0.3, 0.4) is 0 Å². The first kappa shape index (κ1) is 16.1. The van der Waals surface area contributed by atoms with E-state index in [1.165, 1.54) is 0 Å². The van der Waals surface area contributed by atoms with Gasteiger partial charge in [0.05, 0.1) is 5.75 Å². The molecule has 0 aliphatic carbocycles. The van der Waals surface area contributed by atoms with Gasteiger partial charge in [-0.3, -0.25) is 4.57 Å². The van der Waals surface area contributed by atoms with Gasteiger partial charge in [0, 0.05) is 28.5 Å². The standard InChI is InChI=1S/C16H17ClN4OS/c1-16(2,3)14-19-13(22-20-14)10-23-15-18-7-8-21(15)12-6-4-5-11(17)9-12/h4-9H,10H2,1-3H3. The van der Waals surface area contributed by atoms with Crippen molar-refractivity contribution in [2.45, 2.75) is 37.1 Å². The van der Waals surface area contributed by atoms with Crippen LogP contribution in [-0.4, -0.2) is 19.7 Å². The summed E-state index contributed by atoms with van der Waals surface area (Å²) >= 11 is 7.60. The molecule has 2 aromatic heterocycles. The van der Waals surface area contributed by atoms with Crippen LogP contribution >= 0.6 is 23.4 Å². The van der Waals surface area contributed by atoms with E-state index in [2.05, 4.69) is 35.9 Å². The van der Waals surface area contributed by atoms with E-state index in [-0.39, 0.29) is 5.41 Å². The summed E-state index contributed by atoms with van der Waals surface area (Å²) in [4.78, 5) is 8.83. The summed E-state index contributed by atoms with van der Waals surface area (Å²) in [5, 5.41) is 5.58. The van der Waals surface area contributed by atoms with Crippen LogP contribution in [-0.2, 0) is 11.2 Å². The van der Waals surface area contributed by atoms with Gasteiger partial charge in [0.2, 0.25) is 5.89 Å². The molecular weight excluding hydrogens is 332 g/mol. The molecule has 7 heteroatoms. The van der Waals surface area contributed by atoms with Gasteiger partial charge in [0.25, 0.3) is 0 Å². The molecule has 0 aliphatic rings. The fourth-order valence-corrected chi connectivity index (χ4v) is 2.96. The quantitative estimate of drug-likeness (QED) is 0.650. The van der Waals surface area contributed by atoms with Crippen molar-refractivity contribution in [2.75, 3.05) is 0 Å². The molecule has 0 saturated carbocycles. The first-order chi connectivity index (χ1) is 10.9. The van der Waals surface area contributed by atoms with Crippen LogP contribution in [0.5, 0.6) is 0 Å². The van der Waals surface area contributed by atoms with Gasteiger partial charge in [-0.2, -0.15) is 4.98 Å². The van der Waals surface area contributed by atoms with Gasteiger partial charge in [-0.25, -0.2) is 4.98 Å². The van der Waals surface area contributed by atoms with Crippen molar-refractivity contribution in [3.63, 3.8) is 0 Å². The molecule has 0 aliphatic heterocycles. The summed E-state index contributed by atoms with van der Waals surface area (Å²) in [6.07, 6.45) is 3.67. The zero-order valence-electron chi connectivity index (χ0n) is 13.2. The third-order valence-corrected chi connectivity index (χ3v) is 4.34. The topological polar surface area (TPSA) is 56.7 Å². The van der Waals surface area contributed by atoms with Gasteiger partial charge in [0.15, 0.2) is 11.0 Å². The molecule has 0 radical (unpaired) electrons. The van der Waals surface area contributed by atoms with Crippen LogP contribution in [0, 0.1) is 0 Å². The van der Waals surface area contributed by atoms with Crippen molar-refractivity contribution in [1.82, 2.24) is 19.7 Å². The lowest BCUT2D eigenvalue weighted by atomic mass is 9.96. The molecule has 1 aromatic carbocycles. The predicted octanol–water partition coefficient (Wildman–Crippen LogP) is 4.50. The van der Waals surface area contributed by atoms with Crippen LogP contribution < -0.4 is 0 Å². The average Bonchev–Trinajstić information content (AvgIpc) is 3.14. The molecular formula is C16H17ClN4OS. The van der Waals surface area contributed by atoms with Crippen LogP contribution in [0.1, 0.15) is 32.5 Å². The maximum Gasteiger partial charge on any atom is 0.237 e. The molecule has 3 rings (SSSR count). The van der Waals surface area contributed by atoms with Crippen molar-refractivity contribution in [3.8, 4) is 5.69 Å². The second kappa shape index (κ2) is 6.37. The first-order valence-corrected chi connectivity index (χ1v) is 8.55. The molecule has 0 fully saturated rings. The highest BCUT2D eigenvalue weighted by molar-refractivity contribution is 7.98. The Bertz CT molecular complexity index is 806. The third-order valence-electron chi connectivity index (χ3n) is 3.16. The fourth-order valence-electron chi connectivity index (χ4n) is 1.96. The minimum atomic E-state index is -0.119. The van der Waals surface area contributed by atoms with E-state index in [1.807, 2.05) is 35.0 Å². The lowest BCUT2D eigenvalue weighted by molar-refractivity contribution is 0.372. The Morgan fingerprint density at radius 2 is 2.13 bits per heavy atom. The van der Waals surface area contributed by atoms with Crippen molar-refractivity contribution in [3.05, 3.63) is 53.4 Å². The van der Waals surface area contributed by atoms with Crippen molar-refractivity contribution in [1.29, 1.82) is 0 Å². The molecule has 0 amide bonds. The second-order valence-electron chi connectivity index (χ2n) is 6.11. The highest BCUT2D eigenvalue weighted by Gasteiger charge is 2.21. The van der Waals surface area contributed by atoms with Gasteiger partial charge in [-0.15, -0.1) is 0 Å². The summed E-state index contributed by atoms with van der Waals surface area (Å²) in [5.41, 5.74) is 0.851. The van der Waals surface area contributed by atoms with Crippen molar-refractivity contribution < 1.29 is 4.52 Å². The summed E-state index contributed by atoms with van der Waals surface area (Å²) in [7, 11) is 0. The van der Waals surface area contributed by atoms with Gasteiger partial charge in [0.1, 0.15) is 0 Å². The fraction of sp³-hybridized carbons (Fsp3) is 0.312. The monoisotopic (exact) mass is 348 g/mol. The van der Waals surface area contributed by atoms with Crippen LogP contribution in [0.2, 0.25) is 5.02 Å². The smallest absolute Gasteiger partial charge is 0.237 e. The number of aromatic nitrogens is 4. The second-order valence-corrected chi connectivity index (χ2v) is 7.49. The summed E-state index contributed by atoms with van der Waals surface area (Å²) in [6.45, 7) is 6.17. The maximum absolute atomic E-state index is 6.06. The number of rotatable bonds is 4. The number of hydrogen-bond donors (Lipinski definition) is 0. The molecule has 0 bridgehead atoms. The van der Waals surface area contributed by atoms with E-state index in [0.717, 1.165) is 10.8 Å². The zero-order chi connectivity index (χ0) is 16.4. The highest BCUT2D eigenvalue weighted by atomic mass is 35.5. The minimum Gasteiger partial charge on any atom is -0.338 e. The number of nitrogens with zero attached hydrogens (tertiary/aromatic N) is 4. The predicted molar refractivity (Wildman–Crippen MR) is 91.1 cm³/mol. The van der Waals surface area contributed by atoms with Gasteiger partial charge in [-0.05, 0) is 18.2 Å². The van der Waals surface area contributed by atoms with E-state index in [1.54, 1.807) is 18.0 Å². The molecule has 120 valence electrons. The first-order valence-electron chi connectivity index (χ1n) is 7.18. The Morgan fingerprint density at radius 3 is 2.83 bits per heavy atom. The van der Waals surface area contributed by atoms with E-state index in [4.69, 9.17) is 16.1 Å². The largest absolute Gasteiger partial charge is 0.338 e. The van der Waals surface area contributed by atoms with E-state index < -0.39 is 0 Å². The van der Waals surface area contributed by atoms with E-state index >= 15 is 0 Å². The van der Waals surface area contributed by atoms with Crippen molar-refractivity contribution in [2.24, 2.45) is 0 Å². The molecule has 2 heterocycles. The molecule has 0 atom stereocenters. The van der Waals surface area contributed by atoms with Crippen LogP contribution in [0.4, 0.5) is 0 Å². The number of thioether (sulfide) groups is 1. The number of halogens is 1. The molecule has 0 saturated heterocycles. The highest BCUT2D eigenvalue weighted by Crippen LogP contribution is 2.26. The van der Waals surface area contributed by atoms with Gasteiger partial charge in [-0.1, -0.05) is 55.4 Å². The number of hydrogen-bond acceptors (Lipinski definition) is 5. The summed E-state index contributed by atoms with van der Waals surface area (Å²) in [6, 6.07) is 7.65.